The number of carbonyl (C=O) groups is 1. The van der Waals surface area contributed by atoms with Crippen LogP contribution in [-0.2, 0) is 0 Å². The molecule has 0 radical (unpaired) electrons. The largest absolute Gasteiger partial charge is 0.355 e. The number of aromatic amines is 1. The van der Waals surface area contributed by atoms with Crippen LogP contribution in [0.4, 0.5) is 0 Å². The number of amides is 1. The lowest BCUT2D eigenvalue weighted by Gasteiger charge is -1.98. The van der Waals surface area contributed by atoms with Gasteiger partial charge in [0.1, 0.15) is 0 Å². The van der Waals surface area contributed by atoms with Crippen LogP contribution in [0.15, 0.2) is 18.2 Å². The van der Waals surface area contributed by atoms with Crippen molar-refractivity contribution < 1.29 is 4.79 Å². The van der Waals surface area contributed by atoms with Gasteiger partial charge in [-0.1, -0.05) is 0 Å². The van der Waals surface area contributed by atoms with Gasteiger partial charge in [0.25, 0.3) is 5.91 Å². The van der Waals surface area contributed by atoms with Crippen LogP contribution < -0.4 is 5.32 Å². The number of H-pyrrole nitrogens is 1. The Bertz CT molecular complexity index is 541. The van der Waals surface area contributed by atoms with Crippen molar-refractivity contribution in [1.82, 2.24) is 10.3 Å². The van der Waals surface area contributed by atoms with Crippen LogP contribution in [0.2, 0.25) is 0 Å². The molecule has 2 aromatic rings. The third kappa shape index (κ3) is 1.56. The Morgan fingerprint density at radius 2 is 2.36 bits per heavy atom. The van der Waals surface area contributed by atoms with Crippen molar-refractivity contribution in [2.45, 2.75) is 0 Å². The molecule has 0 fully saturated rings. The molecule has 0 aliphatic carbocycles. The molecule has 1 heterocycles. The highest BCUT2D eigenvalue weighted by molar-refractivity contribution is 7.73. The van der Waals surface area contributed by atoms with E-state index in [9.17, 15) is 4.79 Å². The van der Waals surface area contributed by atoms with Crippen LogP contribution in [0.3, 0.4) is 0 Å². The molecule has 14 heavy (non-hydrogen) atoms. The van der Waals surface area contributed by atoms with E-state index in [0.29, 0.717) is 5.56 Å². The Kier molecular flexibility index (Phi) is 2.35. The number of thiazole rings is 1. The molecule has 0 aliphatic heterocycles. The summed E-state index contributed by atoms with van der Waals surface area (Å²) in [5.41, 5.74) is 1.56. The zero-order valence-corrected chi connectivity index (χ0v) is 9.09. The van der Waals surface area contributed by atoms with E-state index < -0.39 is 0 Å². The summed E-state index contributed by atoms with van der Waals surface area (Å²) in [5, 5.41) is 2.58. The van der Waals surface area contributed by atoms with Crippen LogP contribution in [0.1, 0.15) is 10.4 Å². The molecular formula is C9H8N2OS2. The fourth-order valence-electron chi connectivity index (χ4n) is 1.24. The third-order valence-electron chi connectivity index (χ3n) is 1.91. The minimum Gasteiger partial charge on any atom is -0.355 e. The number of rotatable bonds is 1. The van der Waals surface area contributed by atoms with Gasteiger partial charge in [0.05, 0.1) is 10.2 Å². The first kappa shape index (κ1) is 9.36. The van der Waals surface area contributed by atoms with Gasteiger partial charge < -0.3 is 10.3 Å². The van der Waals surface area contributed by atoms with Gasteiger partial charge in [0, 0.05) is 12.6 Å². The molecule has 2 N–H and O–H groups in total. The fraction of sp³-hybridized carbons (Fsp3) is 0.111. The lowest BCUT2D eigenvalue weighted by Crippen LogP contribution is -2.17. The van der Waals surface area contributed by atoms with Crippen molar-refractivity contribution in [1.29, 1.82) is 0 Å². The van der Waals surface area contributed by atoms with Gasteiger partial charge >= 0.3 is 0 Å². The van der Waals surface area contributed by atoms with Crippen LogP contribution >= 0.6 is 23.6 Å². The summed E-state index contributed by atoms with van der Waals surface area (Å²) in [5.74, 6) is -0.0857. The van der Waals surface area contributed by atoms with Gasteiger partial charge in [0.2, 0.25) is 0 Å². The van der Waals surface area contributed by atoms with Crippen LogP contribution in [-0.4, -0.2) is 17.9 Å². The molecule has 0 unspecified atom stereocenters. The first-order valence-corrected chi connectivity index (χ1v) is 5.28. The molecule has 5 heteroatoms. The zero-order valence-electron chi connectivity index (χ0n) is 7.46. The maximum absolute atomic E-state index is 11.3. The van der Waals surface area contributed by atoms with Crippen molar-refractivity contribution in [3.63, 3.8) is 0 Å². The normalized spacial score (nSPS) is 10.4. The number of benzene rings is 1. The van der Waals surface area contributed by atoms with Crippen molar-refractivity contribution in [3.05, 3.63) is 27.7 Å². The summed E-state index contributed by atoms with van der Waals surface area (Å²) in [6.45, 7) is 0. The SMILES string of the molecule is CNC(=O)c1ccc2sc(=S)[nH]c2c1. The standard InChI is InChI=1S/C9H8N2OS2/c1-10-8(12)5-2-3-7-6(4-5)11-9(13)14-7/h2-4H,1H3,(H,10,12)(H,11,13). The van der Waals surface area contributed by atoms with Crippen molar-refractivity contribution in [2.24, 2.45) is 0 Å². The molecule has 0 saturated carbocycles. The van der Waals surface area contributed by atoms with Crippen molar-refractivity contribution in [3.8, 4) is 0 Å². The molecule has 0 atom stereocenters. The lowest BCUT2D eigenvalue weighted by atomic mass is 10.2. The van der Waals surface area contributed by atoms with Gasteiger partial charge in [-0.15, -0.1) is 11.3 Å². The van der Waals surface area contributed by atoms with Crippen molar-refractivity contribution in [2.75, 3.05) is 7.05 Å². The average molecular weight is 224 g/mol. The van der Waals surface area contributed by atoms with Gasteiger partial charge in [-0.25, -0.2) is 0 Å². The van der Waals surface area contributed by atoms with Gasteiger partial charge in [-0.2, -0.15) is 0 Å². The molecule has 1 amide bonds. The molecule has 0 bridgehead atoms. The summed E-state index contributed by atoms with van der Waals surface area (Å²) >= 11 is 6.52. The number of hydrogen-bond acceptors (Lipinski definition) is 3. The predicted molar refractivity (Wildman–Crippen MR) is 60.4 cm³/mol. The molecule has 72 valence electrons. The van der Waals surface area contributed by atoms with E-state index in [2.05, 4.69) is 10.3 Å². The Morgan fingerprint density at radius 1 is 1.57 bits per heavy atom. The Hall–Kier alpha value is -1.20. The second-order valence-corrected chi connectivity index (χ2v) is 4.52. The second-order valence-electron chi connectivity index (χ2n) is 2.80. The Balaban J connectivity index is 2.61. The van der Waals surface area contributed by atoms with E-state index in [-0.39, 0.29) is 5.91 Å². The van der Waals surface area contributed by atoms with E-state index in [4.69, 9.17) is 12.2 Å². The van der Waals surface area contributed by atoms with E-state index in [1.54, 1.807) is 19.2 Å². The molecule has 1 aromatic heterocycles. The topological polar surface area (TPSA) is 44.9 Å². The fourth-order valence-corrected chi connectivity index (χ4v) is 2.33. The average Bonchev–Trinajstić information content (AvgIpc) is 2.55. The highest BCUT2D eigenvalue weighted by Crippen LogP contribution is 2.20. The van der Waals surface area contributed by atoms with E-state index in [0.717, 1.165) is 14.2 Å². The Morgan fingerprint density at radius 3 is 3.07 bits per heavy atom. The van der Waals surface area contributed by atoms with E-state index in [1.807, 2.05) is 6.07 Å². The highest BCUT2D eigenvalue weighted by Gasteiger charge is 2.04. The third-order valence-corrected chi connectivity index (χ3v) is 3.12. The first-order valence-electron chi connectivity index (χ1n) is 4.05. The maximum atomic E-state index is 11.3. The van der Waals surface area contributed by atoms with Gasteiger partial charge in [-0.3, -0.25) is 4.79 Å². The van der Waals surface area contributed by atoms with E-state index in [1.165, 1.54) is 11.3 Å². The monoisotopic (exact) mass is 224 g/mol. The molecule has 1 aromatic carbocycles. The van der Waals surface area contributed by atoms with Gasteiger partial charge in [-0.05, 0) is 30.4 Å². The number of carbonyl (C=O) groups excluding carboxylic acids is 1. The predicted octanol–water partition coefficient (Wildman–Crippen LogP) is 2.32. The van der Waals surface area contributed by atoms with E-state index >= 15 is 0 Å². The molecule has 0 saturated heterocycles. The quantitative estimate of drug-likeness (QED) is 0.730. The number of nitrogens with one attached hydrogen (secondary N) is 2. The molecule has 0 spiro atoms. The molecular weight excluding hydrogens is 216 g/mol. The summed E-state index contributed by atoms with van der Waals surface area (Å²) in [6, 6.07) is 5.50. The maximum Gasteiger partial charge on any atom is 0.251 e. The van der Waals surface area contributed by atoms with Crippen molar-refractivity contribution >= 4 is 39.7 Å². The van der Waals surface area contributed by atoms with Crippen LogP contribution in [0.5, 0.6) is 0 Å². The summed E-state index contributed by atoms with van der Waals surface area (Å²) in [4.78, 5) is 14.3. The lowest BCUT2D eigenvalue weighted by molar-refractivity contribution is 0.0963. The molecule has 0 aliphatic rings. The van der Waals surface area contributed by atoms with Gasteiger partial charge in [0.15, 0.2) is 3.95 Å². The Labute approximate surface area is 89.8 Å². The summed E-state index contributed by atoms with van der Waals surface area (Å²) in [7, 11) is 1.61. The molecule has 2 rings (SSSR count). The molecule has 3 nitrogen and oxygen atoms in total. The zero-order chi connectivity index (χ0) is 10.1. The minimum absolute atomic E-state index is 0.0857. The number of aromatic nitrogens is 1. The smallest absolute Gasteiger partial charge is 0.251 e. The highest BCUT2D eigenvalue weighted by atomic mass is 32.1. The first-order chi connectivity index (χ1) is 6.70. The van der Waals surface area contributed by atoms with Crippen LogP contribution in [0.25, 0.3) is 10.2 Å². The number of hydrogen-bond donors (Lipinski definition) is 2. The summed E-state index contributed by atoms with van der Waals surface area (Å²) in [6.07, 6.45) is 0. The van der Waals surface area contributed by atoms with Crippen LogP contribution in [0, 0.1) is 3.95 Å². The number of fused-ring (bicyclic) bond motifs is 1. The summed E-state index contributed by atoms with van der Waals surface area (Å²) < 4.78 is 1.80. The minimum atomic E-state index is -0.0857. The second kappa shape index (κ2) is 3.51.